The fourth-order valence-electron chi connectivity index (χ4n) is 5.68. The van der Waals surface area contributed by atoms with E-state index in [0.29, 0.717) is 25.7 Å². The van der Waals surface area contributed by atoms with Crippen LogP contribution >= 0.6 is 0 Å². The molecule has 7 heteroatoms. The number of benzene rings is 2. The second-order valence-corrected chi connectivity index (χ2v) is 9.75. The number of alkyl carbamates (subject to hydrolysis) is 1. The average Bonchev–Trinajstić information content (AvgIpc) is 3.43. The third kappa shape index (κ3) is 4.90. The predicted octanol–water partition coefficient (Wildman–Crippen LogP) is 4.99. The van der Waals surface area contributed by atoms with Crippen LogP contribution in [0.2, 0.25) is 0 Å². The molecule has 0 radical (unpaired) electrons. The summed E-state index contributed by atoms with van der Waals surface area (Å²) in [6, 6.07) is 16.2. The molecule has 0 aromatic heterocycles. The van der Waals surface area contributed by atoms with E-state index in [9.17, 15) is 19.5 Å². The molecule has 2 aromatic carbocycles. The lowest BCUT2D eigenvalue weighted by Gasteiger charge is -2.37. The second kappa shape index (κ2) is 10.1. The normalized spacial score (nSPS) is 16.3. The molecule has 186 valence electrons. The Bertz CT molecular complexity index is 1060. The van der Waals surface area contributed by atoms with E-state index in [0.717, 1.165) is 35.1 Å². The van der Waals surface area contributed by atoms with Gasteiger partial charge in [0.15, 0.2) is 0 Å². The number of carboxylic acid groups (broad SMARTS) is 1. The van der Waals surface area contributed by atoms with Crippen LogP contribution in [0.15, 0.2) is 48.5 Å². The van der Waals surface area contributed by atoms with Crippen LogP contribution in [0.5, 0.6) is 0 Å². The smallest absolute Gasteiger partial charge is 0.408 e. The van der Waals surface area contributed by atoms with Gasteiger partial charge in [-0.25, -0.2) is 4.79 Å². The largest absolute Gasteiger partial charge is 0.481 e. The molecule has 2 aliphatic carbocycles. The van der Waals surface area contributed by atoms with Gasteiger partial charge < -0.3 is 20.5 Å². The number of carbonyl (C=O) groups excluding carboxylic acids is 2. The zero-order chi connectivity index (χ0) is 25.1. The number of ether oxygens (including phenoxy) is 1. The van der Waals surface area contributed by atoms with Crippen molar-refractivity contribution in [3.8, 4) is 11.1 Å². The number of nitrogens with one attached hydrogen (secondary N) is 2. The van der Waals surface area contributed by atoms with E-state index in [1.165, 1.54) is 0 Å². The minimum atomic E-state index is -1.17. The first-order valence-electron chi connectivity index (χ1n) is 12.5. The van der Waals surface area contributed by atoms with E-state index in [-0.39, 0.29) is 24.9 Å². The Labute approximate surface area is 206 Å². The predicted molar refractivity (Wildman–Crippen MR) is 133 cm³/mol. The molecule has 0 unspecified atom stereocenters. The molecule has 2 amide bonds. The van der Waals surface area contributed by atoms with Gasteiger partial charge in [-0.2, -0.15) is 0 Å². The van der Waals surface area contributed by atoms with E-state index in [1.54, 1.807) is 0 Å². The third-order valence-corrected chi connectivity index (χ3v) is 7.76. The number of aliphatic carboxylic acids is 1. The molecular formula is C28H34N2O5. The van der Waals surface area contributed by atoms with Crippen molar-refractivity contribution >= 4 is 18.0 Å². The summed E-state index contributed by atoms with van der Waals surface area (Å²) in [4.78, 5) is 37.8. The number of rotatable bonds is 9. The Morgan fingerprint density at radius 2 is 1.51 bits per heavy atom. The maximum Gasteiger partial charge on any atom is 0.408 e. The highest BCUT2D eigenvalue weighted by atomic mass is 16.5. The summed E-state index contributed by atoms with van der Waals surface area (Å²) in [7, 11) is 0. The first-order chi connectivity index (χ1) is 16.8. The third-order valence-electron chi connectivity index (χ3n) is 7.76. The van der Waals surface area contributed by atoms with Gasteiger partial charge in [-0.05, 0) is 47.9 Å². The van der Waals surface area contributed by atoms with Crippen LogP contribution in [0, 0.1) is 0 Å². The number of amides is 2. The molecule has 0 spiro atoms. The molecule has 3 N–H and O–H groups in total. The van der Waals surface area contributed by atoms with Gasteiger partial charge in [0.25, 0.3) is 0 Å². The van der Waals surface area contributed by atoms with Gasteiger partial charge in [0.1, 0.15) is 12.1 Å². The fourth-order valence-corrected chi connectivity index (χ4v) is 5.68. The Hall–Kier alpha value is -3.35. The summed E-state index contributed by atoms with van der Waals surface area (Å²) < 4.78 is 5.68. The van der Waals surface area contributed by atoms with Crippen molar-refractivity contribution in [1.82, 2.24) is 10.6 Å². The van der Waals surface area contributed by atoms with E-state index < -0.39 is 23.1 Å². The van der Waals surface area contributed by atoms with Crippen molar-refractivity contribution in [2.45, 2.75) is 75.8 Å². The Morgan fingerprint density at radius 3 is 2.03 bits per heavy atom. The van der Waals surface area contributed by atoms with Crippen LogP contribution in [0.25, 0.3) is 11.1 Å². The average molecular weight is 479 g/mol. The highest BCUT2D eigenvalue weighted by molar-refractivity contribution is 5.91. The lowest BCUT2D eigenvalue weighted by atomic mass is 9.87. The van der Waals surface area contributed by atoms with Gasteiger partial charge in [0, 0.05) is 5.92 Å². The number of carbonyl (C=O) groups is 3. The van der Waals surface area contributed by atoms with Crippen LogP contribution in [0.4, 0.5) is 4.79 Å². The van der Waals surface area contributed by atoms with Crippen LogP contribution in [0.3, 0.4) is 0 Å². The number of hydrogen-bond donors (Lipinski definition) is 3. The second-order valence-electron chi connectivity index (χ2n) is 9.75. The summed E-state index contributed by atoms with van der Waals surface area (Å²) in [5, 5.41) is 15.2. The van der Waals surface area contributed by atoms with E-state index >= 15 is 0 Å². The molecule has 0 saturated heterocycles. The van der Waals surface area contributed by atoms with Crippen molar-refractivity contribution in [3.63, 3.8) is 0 Å². The summed E-state index contributed by atoms with van der Waals surface area (Å²) in [6.45, 7) is 3.84. The zero-order valence-electron chi connectivity index (χ0n) is 20.4. The summed E-state index contributed by atoms with van der Waals surface area (Å²) >= 11 is 0. The van der Waals surface area contributed by atoms with Crippen molar-refractivity contribution in [2.24, 2.45) is 0 Å². The minimum Gasteiger partial charge on any atom is -0.481 e. The van der Waals surface area contributed by atoms with Crippen molar-refractivity contribution in [1.29, 1.82) is 0 Å². The van der Waals surface area contributed by atoms with Gasteiger partial charge in [-0.1, -0.05) is 75.2 Å². The molecular weight excluding hydrogens is 444 g/mol. The van der Waals surface area contributed by atoms with Crippen LogP contribution in [-0.2, 0) is 14.3 Å². The van der Waals surface area contributed by atoms with Crippen molar-refractivity contribution in [2.75, 3.05) is 6.61 Å². The lowest BCUT2D eigenvalue weighted by Crippen LogP contribution is -2.62. The number of hydrogen-bond acceptors (Lipinski definition) is 4. The highest BCUT2D eigenvalue weighted by Crippen LogP contribution is 2.44. The van der Waals surface area contributed by atoms with E-state index in [1.807, 2.05) is 38.1 Å². The quantitative estimate of drug-likeness (QED) is 0.471. The first kappa shape index (κ1) is 24.8. The SMILES string of the molecule is CCC(CC)(NC(=O)OCC1c2ccccc2-c2ccccc21)C(=O)NC1(CC(=O)O)CCCC1. The first-order valence-corrected chi connectivity index (χ1v) is 12.5. The topological polar surface area (TPSA) is 105 Å². The van der Waals surface area contributed by atoms with Crippen molar-refractivity contribution in [3.05, 3.63) is 59.7 Å². The summed E-state index contributed by atoms with van der Waals surface area (Å²) in [5.41, 5.74) is 2.60. The number of carboxylic acids is 1. The molecule has 1 saturated carbocycles. The summed E-state index contributed by atoms with van der Waals surface area (Å²) in [6.07, 6.45) is 2.96. The van der Waals surface area contributed by atoms with E-state index in [4.69, 9.17) is 4.74 Å². The van der Waals surface area contributed by atoms with Crippen molar-refractivity contribution < 1.29 is 24.2 Å². The number of fused-ring (bicyclic) bond motifs is 3. The summed E-state index contributed by atoms with van der Waals surface area (Å²) in [5.74, 6) is -1.36. The molecule has 0 heterocycles. The van der Waals surface area contributed by atoms with Gasteiger partial charge in [0.05, 0.1) is 12.0 Å². The maximum atomic E-state index is 13.4. The molecule has 2 aliphatic rings. The van der Waals surface area contributed by atoms with Crippen LogP contribution in [0.1, 0.15) is 75.8 Å². The molecule has 0 aliphatic heterocycles. The zero-order valence-corrected chi connectivity index (χ0v) is 20.4. The lowest BCUT2D eigenvalue weighted by molar-refractivity contribution is -0.139. The molecule has 4 rings (SSSR count). The molecule has 2 aromatic rings. The standard InChI is InChI=1S/C28H34N2O5/c1-3-28(4-2,25(33)29-27(17-24(31)32)15-9-10-16-27)30-26(34)35-18-23-21-13-7-5-11-19(21)20-12-6-8-14-22(20)23/h5-8,11-14,23H,3-4,9-10,15-18H2,1-2H3,(H,29,33)(H,30,34)(H,31,32). The van der Waals surface area contributed by atoms with Gasteiger partial charge in [-0.3, -0.25) is 9.59 Å². The van der Waals surface area contributed by atoms with Gasteiger partial charge in [0.2, 0.25) is 5.91 Å². The van der Waals surface area contributed by atoms with Gasteiger partial charge in [-0.15, -0.1) is 0 Å². The molecule has 1 fully saturated rings. The minimum absolute atomic E-state index is 0.0723. The maximum absolute atomic E-state index is 13.4. The van der Waals surface area contributed by atoms with E-state index in [2.05, 4.69) is 34.9 Å². The monoisotopic (exact) mass is 478 g/mol. The fraction of sp³-hybridized carbons (Fsp3) is 0.464. The Kier molecular flexibility index (Phi) is 7.15. The van der Waals surface area contributed by atoms with Crippen LogP contribution < -0.4 is 10.6 Å². The van der Waals surface area contributed by atoms with Crippen LogP contribution in [-0.4, -0.2) is 40.8 Å². The van der Waals surface area contributed by atoms with Gasteiger partial charge >= 0.3 is 12.1 Å². The molecule has 7 nitrogen and oxygen atoms in total. The molecule has 0 atom stereocenters. The molecule has 35 heavy (non-hydrogen) atoms. The Balaban J connectivity index is 1.46. The highest BCUT2D eigenvalue weighted by Gasteiger charge is 2.44. The Morgan fingerprint density at radius 1 is 0.971 bits per heavy atom. The molecule has 0 bridgehead atoms.